The van der Waals surface area contributed by atoms with Crippen LogP contribution >= 0.6 is 0 Å². The quantitative estimate of drug-likeness (QED) is 0.271. The summed E-state index contributed by atoms with van der Waals surface area (Å²) in [5, 5.41) is 6.86. The van der Waals surface area contributed by atoms with Crippen molar-refractivity contribution in [1.29, 1.82) is 0 Å². The van der Waals surface area contributed by atoms with E-state index in [1.807, 2.05) is 0 Å². The van der Waals surface area contributed by atoms with Crippen LogP contribution in [0.4, 0.5) is 0 Å². The van der Waals surface area contributed by atoms with Gasteiger partial charge in [0.15, 0.2) is 0 Å². The molecule has 0 aliphatic carbocycles. The lowest BCUT2D eigenvalue weighted by Gasteiger charge is -2.26. The van der Waals surface area contributed by atoms with Crippen LogP contribution in [-0.2, 0) is 0 Å². The second-order valence-electron chi connectivity index (χ2n) is 4.93. The van der Waals surface area contributed by atoms with Crippen molar-refractivity contribution in [3.05, 3.63) is 0 Å². The van der Waals surface area contributed by atoms with E-state index in [0.717, 1.165) is 58.7 Å². The summed E-state index contributed by atoms with van der Waals surface area (Å²) in [6.45, 7) is 11.4. The van der Waals surface area contributed by atoms with E-state index in [1.165, 1.54) is 12.8 Å². The van der Waals surface area contributed by atoms with Crippen LogP contribution in [0.5, 0.6) is 0 Å². The van der Waals surface area contributed by atoms with Gasteiger partial charge in [0.05, 0.1) is 6.17 Å². The number of nitrogens with two attached hydrogens (primary N) is 2. The van der Waals surface area contributed by atoms with E-state index in [1.54, 1.807) is 0 Å². The number of nitrogens with one attached hydrogen (secondary N) is 2. The first kappa shape index (κ1) is 18.8. The number of unbranched alkanes of at least 4 members (excludes halogenated alkanes) is 1. The molecule has 0 saturated heterocycles. The molecule has 0 bridgehead atoms. The number of rotatable bonds is 14. The molecule has 0 aromatic heterocycles. The molecule has 5 heteroatoms. The molecule has 19 heavy (non-hydrogen) atoms. The van der Waals surface area contributed by atoms with Gasteiger partial charge in [-0.15, -0.1) is 0 Å². The van der Waals surface area contributed by atoms with Gasteiger partial charge in [0.1, 0.15) is 0 Å². The van der Waals surface area contributed by atoms with Crippen molar-refractivity contribution in [2.45, 2.75) is 45.7 Å². The fourth-order valence-electron chi connectivity index (χ4n) is 2.10. The Morgan fingerprint density at radius 2 is 1.42 bits per heavy atom. The zero-order chi connectivity index (χ0) is 14.3. The summed E-state index contributed by atoms with van der Waals surface area (Å²) in [5.41, 5.74) is 11.5. The smallest absolute Gasteiger partial charge is 0.0583 e. The van der Waals surface area contributed by atoms with Gasteiger partial charge in [-0.2, -0.15) is 0 Å². The molecule has 0 radical (unpaired) electrons. The predicted molar refractivity (Wildman–Crippen MR) is 84.2 cm³/mol. The molecular formula is C14H35N5. The second-order valence-corrected chi connectivity index (χ2v) is 4.93. The van der Waals surface area contributed by atoms with E-state index in [9.17, 15) is 0 Å². The molecule has 1 atom stereocenters. The average Bonchev–Trinajstić information content (AvgIpc) is 2.42. The molecule has 0 spiro atoms. The van der Waals surface area contributed by atoms with E-state index in [0.29, 0.717) is 0 Å². The Balaban J connectivity index is 3.22. The second kappa shape index (κ2) is 14.2. The van der Waals surface area contributed by atoms with Crippen molar-refractivity contribution in [3.63, 3.8) is 0 Å². The normalized spacial score (nSPS) is 13.1. The Morgan fingerprint density at radius 3 is 1.95 bits per heavy atom. The third kappa shape index (κ3) is 11.3. The number of nitrogens with zero attached hydrogens (tertiary/aromatic N) is 1. The van der Waals surface area contributed by atoms with Gasteiger partial charge in [0.25, 0.3) is 0 Å². The molecule has 0 rings (SSSR count). The Labute approximate surface area is 119 Å². The fourth-order valence-corrected chi connectivity index (χ4v) is 2.10. The molecule has 0 aliphatic rings. The summed E-state index contributed by atoms with van der Waals surface area (Å²) in [6, 6.07) is 0. The number of hydrogen-bond donors (Lipinski definition) is 4. The summed E-state index contributed by atoms with van der Waals surface area (Å²) >= 11 is 0. The molecule has 0 aromatic carbocycles. The highest BCUT2D eigenvalue weighted by atomic mass is 15.2. The highest BCUT2D eigenvalue weighted by Gasteiger charge is 2.08. The van der Waals surface area contributed by atoms with E-state index in [4.69, 9.17) is 11.5 Å². The number of hydrogen-bond acceptors (Lipinski definition) is 5. The van der Waals surface area contributed by atoms with Crippen molar-refractivity contribution in [2.24, 2.45) is 11.5 Å². The summed E-state index contributed by atoms with van der Waals surface area (Å²) in [6.07, 6.45) is 4.73. The van der Waals surface area contributed by atoms with Gasteiger partial charge >= 0.3 is 0 Å². The van der Waals surface area contributed by atoms with Gasteiger partial charge in [0.2, 0.25) is 0 Å². The van der Waals surface area contributed by atoms with Crippen LogP contribution in [0.1, 0.15) is 39.5 Å². The summed E-state index contributed by atoms with van der Waals surface area (Å²) in [5.74, 6) is 0. The highest BCUT2D eigenvalue weighted by molar-refractivity contribution is 4.64. The largest absolute Gasteiger partial charge is 0.330 e. The van der Waals surface area contributed by atoms with Crippen LogP contribution in [0.15, 0.2) is 0 Å². The highest BCUT2D eigenvalue weighted by Crippen LogP contribution is 1.96. The molecular weight excluding hydrogens is 238 g/mol. The summed E-state index contributed by atoms with van der Waals surface area (Å²) < 4.78 is 0. The van der Waals surface area contributed by atoms with Crippen molar-refractivity contribution in [1.82, 2.24) is 15.5 Å². The zero-order valence-corrected chi connectivity index (χ0v) is 13.0. The van der Waals surface area contributed by atoms with E-state index in [2.05, 4.69) is 29.4 Å². The Hall–Kier alpha value is -0.200. The molecule has 0 saturated carbocycles. The van der Waals surface area contributed by atoms with E-state index < -0.39 is 0 Å². The topological polar surface area (TPSA) is 79.3 Å². The molecule has 6 N–H and O–H groups in total. The molecule has 0 aromatic rings. The van der Waals surface area contributed by atoms with Crippen LogP contribution < -0.4 is 22.1 Å². The lowest BCUT2D eigenvalue weighted by molar-refractivity contribution is 0.210. The lowest BCUT2D eigenvalue weighted by Crippen LogP contribution is -2.43. The van der Waals surface area contributed by atoms with Gasteiger partial charge in [-0.25, -0.2) is 0 Å². The maximum absolute atomic E-state index is 6.11. The molecule has 0 aliphatic heterocycles. The first-order chi connectivity index (χ1) is 9.26. The zero-order valence-electron chi connectivity index (χ0n) is 13.0. The molecule has 0 amide bonds. The fraction of sp³-hybridized carbons (Fsp3) is 1.00. The van der Waals surface area contributed by atoms with Crippen LogP contribution in [0.2, 0.25) is 0 Å². The molecule has 0 heterocycles. The SMILES string of the molecule is CCN(CC)C(N)CCNCCCCNCCCN. The van der Waals surface area contributed by atoms with Gasteiger partial charge < -0.3 is 22.1 Å². The van der Waals surface area contributed by atoms with Crippen molar-refractivity contribution in [3.8, 4) is 0 Å². The molecule has 1 unspecified atom stereocenters. The molecule has 116 valence electrons. The standard InChI is InChI=1S/C14H35N5/c1-3-19(4-2)14(16)8-13-18-11-6-5-10-17-12-7-9-15/h14,17-18H,3-13,15-16H2,1-2H3. The third-order valence-electron chi connectivity index (χ3n) is 3.41. The van der Waals surface area contributed by atoms with Crippen molar-refractivity contribution in [2.75, 3.05) is 45.8 Å². The Morgan fingerprint density at radius 1 is 0.895 bits per heavy atom. The van der Waals surface area contributed by atoms with Gasteiger partial charge in [-0.3, -0.25) is 4.90 Å². The lowest BCUT2D eigenvalue weighted by atomic mass is 10.2. The minimum atomic E-state index is 0.195. The van der Waals surface area contributed by atoms with E-state index >= 15 is 0 Å². The first-order valence-corrected chi connectivity index (χ1v) is 7.87. The van der Waals surface area contributed by atoms with Crippen LogP contribution in [0.25, 0.3) is 0 Å². The van der Waals surface area contributed by atoms with Gasteiger partial charge in [0, 0.05) is 0 Å². The third-order valence-corrected chi connectivity index (χ3v) is 3.41. The molecule has 5 nitrogen and oxygen atoms in total. The maximum Gasteiger partial charge on any atom is 0.0583 e. The van der Waals surface area contributed by atoms with Crippen LogP contribution in [0.3, 0.4) is 0 Å². The van der Waals surface area contributed by atoms with E-state index in [-0.39, 0.29) is 6.17 Å². The van der Waals surface area contributed by atoms with Crippen LogP contribution in [0, 0.1) is 0 Å². The van der Waals surface area contributed by atoms with Crippen LogP contribution in [-0.4, -0.2) is 56.9 Å². The summed E-state index contributed by atoms with van der Waals surface area (Å²) in [4.78, 5) is 2.29. The van der Waals surface area contributed by atoms with Crippen molar-refractivity contribution >= 4 is 0 Å². The summed E-state index contributed by atoms with van der Waals surface area (Å²) in [7, 11) is 0. The average molecular weight is 273 g/mol. The predicted octanol–water partition coefficient (Wildman–Crippen LogP) is 0.311. The minimum absolute atomic E-state index is 0.195. The van der Waals surface area contributed by atoms with Crippen molar-refractivity contribution < 1.29 is 0 Å². The minimum Gasteiger partial charge on any atom is -0.330 e. The van der Waals surface area contributed by atoms with Gasteiger partial charge in [-0.05, 0) is 71.5 Å². The Bertz CT molecular complexity index is 173. The Kier molecular flexibility index (Phi) is 14.1. The van der Waals surface area contributed by atoms with Gasteiger partial charge in [-0.1, -0.05) is 13.8 Å². The molecule has 0 fully saturated rings. The maximum atomic E-state index is 6.11. The monoisotopic (exact) mass is 273 g/mol. The first-order valence-electron chi connectivity index (χ1n) is 7.87.